The molecule has 19 heavy (non-hydrogen) atoms. The van der Waals surface area contributed by atoms with Crippen molar-refractivity contribution >= 4 is 5.84 Å². The number of rotatable bonds is 5. The van der Waals surface area contributed by atoms with Gasteiger partial charge in [-0.25, -0.2) is 4.98 Å². The van der Waals surface area contributed by atoms with Crippen LogP contribution in [-0.2, 0) is 6.54 Å². The van der Waals surface area contributed by atoms with E-state index in [-0.39, 0.29) is 5.84 Å². The molecule has 7 heteroatoms. The number of nitrogens with two attached hydrogens (primary N) is 1. The van der Waals surface area contributed by atoms with E-state index >= 15 is 0 Å². The highest BCUT2D eigenvalue weighted by atomic mass is 16.4. The Hall–Kier alpha value is -2.31. The third-order valence-electron chi connectivity index (χ3n) is 3.09. The Kier molecular flexibility index (Phi) is 3.84. The average molecular weight is 262 g/mol. The fourth-order valence-corrected chi connectivity index (χ4v) is 1.78. The van der Waals surface area contributed by atoms with E-state index in [0.717, 1.165) is 12.1 Å². The van der Waals surface area contributed by atoms with Gasteiger partial charge in [0.1, 0.15) is 0 Å². The second-order valence-corrected chi connectivity index (χ2v) is 4.41. The van der Waals surface area contributed by atoms with Crippen LogP contribution in [0.1, 0.15) is 37.8 Å². The molecule has 0 aliphatic heterocycles. The summed E-state index contributed by atoms with van der Waals surface area (Å²) in [6.07, 6.45) is 6.37. The predicted molar refractivity (Wildman–Crippen MR) is 71.1 cm³/mol. The van der Waals surface area contributed by atoms with Crippen LogP contribution in [0.2, 0.25) is 0 Å². The molecule has 2 aromatic rings. The third kappa shape index (κ3) is 2.75. The smallest absolute Gasteiger partial charge is 0.206 e. The van der Waals surface area contributed by atoms with E-state index in [1.807, 2.05) is 16.9 Å². The number of aromatic nitrogens is 4. The summed E-state index contributed by atoms with van der Waals surface area (Å²) in [5, 5.41) is 16.2. The summed E-state index contributed by atoms with van der Waals surface area (Å²) in [5.41, 5.74) is 6.47. The monoisotopic (exact) mass is 262 g/mol. The number of hydrogen-bond donors (Lipinski definition) is 2. The zero-order chi connectivity index (χ0) is 13.8. The van der Waals surface area contributed by atoms with Crippen molar-refractivity contribution in [1.29, 1.82) is 0 Å². The molecule has 1 unspecified atom stereocenters. The summed E-state index contributed by atoms with van der Waals surface area (Å²) in [4.78, 5) is 4.05. The third-order valence-corrected chi connectivity index (χ3v) is 3.09. The molecule has 0 fully saturated rings. The minimum atomic E-state index is -0.00800. The normalized spacial score (nSPS) is 13.7. The van der Waals surface area contributed by atoms with Gasteiger partial charge in [0.25, 0.3) is 0 Å². The first-order valence-corrected chi connectivity index (χ1v) is 6.18. The lowest BCUT2D eigenvalue weighted by molar-refractivity contribution is 0.318. The number of amidine groups is 1. The Bertz CT molecular complexity index is 570. The average Bonchev–Trinajstić information content (AvgIpc) is 3.06. The molecule has 0 spiro atoms. The van der Waals surface area contributed by atoms with Crippen LogP contribution in [0.15, 0.2) is 29.8 Å². The van der Waals surface area contributed by atoms with Crippen LogP contribution < -0.4 is 5.73 Å². The summed E-state index contributed by atoms with van der Waals surface area (Å²) in [7, 11) is 0. The number of oxime groups is 1. The highest BCUT2D eigenvalue weighted by Gasteiger charge is 2.10. The molecular formula is C12H18N6O. The highest BCUT2D eigenvalue weighted by molar-refractivity contribution is 5.93. The predicted octanol–water partition coefficient (Wildman–Crippen LogP) is 1.19. The van der Waals surface area contributed by atoms with Gasteiger partial charge in [-0.05, 0) is 19.4 Å². The van der Waals surface area contributed by atoms with Gasteiger partial charge in [-0.3, -0.25) is 4.68 Å². The number of imidazole rings is 1. The van der Waals surface area contributed by atoms with E-state index in [9.17, 15) is 0 Å². The Balaban J connectivity index is 2.18. The molecule has 7 nitrogen and oxygen atoms in total. The van der Waals surface area contributed by atoms with E-state index < -0.39 is 0 Å². The molecule has 0 saturated heterocycles. The first-order valence-electron chi connectivity index (χ1n) is 6.18. The second kappa shape index (κ2) is 5.55. The van der Waals surface area contributed by atoms with Gasteiger partial charge in [0.05, 0.1) is 12.2 Å². The molecule has 102 valence electrons. The van der Waals surface area contributed by atoms with Gasteiger partial charge >= 0.3 is 0 Å². The summed E-state index contributed by atoms with van der Waals surface area (Å²) in [6.45, 7) is 4.78. The van der Waals surface area contributed by atoms with Gasteiger partial charge in [0.15, 0.2) is 5.82 Å². The minimum Gasteiger partial charge on any atom is -0.409 e. The molecule has 0 aliphatic carbocycles. The highest BCUT2D eigenvalue weighted by Crippen LogP contribution is 2.10. The van der Waals surface area contributed by atoms with E-state index in [0.29, 0.717) is 18.4 Å². The molecule has 0 radical (unpaired) electrons. The maximum absolute atomic E-state index is 8.70. The van der Waals surface area contributed by atoms with Gasteiger partial charge < -0.3 is 15.5 Å². The van der Waals surface area contributed by atoms with Crippen LogP contribution in [0.4, 0.5) is 0 Å². The van der Waals surface area contributed by atoms with Crippen molar-refractivity contribution in [3.63, 3.8) is 0 Å². The molecule has 0 aliphatic rings. The Morgan fingerprint density at radius 1 is 1.53 bits per heavy atom. The van der Waals surface area contributed by atoms with Gasteiger partial charge in [-0.1, -0.05) is 12.1 Å². The lowest BCUT2D eigenvalue weighted by atomic mass is 10.3. The van der Waals surface area contributed by atoms with Crippen molar-refractivity contribution in [2.75, 3.05) is 0 Å². The van der Waals surface area contributed by atoms with E-state index in [1.165, 1.54) is 0 Å². The van der Waals surface area contributed by atoms with Crippen LogP contribution in [0, 0.1) is 0 Å². The Morgan fingerprint density at radius 3 is 3.00 bits per heavy atom. The summed E-state index contributed by atoms with van der Waals surface area (Å²) < 4.78 is 3.73. The lowest BCUT2D eigenvalue weighted by Gasteiger charge is -2.08. The molecular weight excluding hydrogens is 244 g/mol. The maximum Gasteiger partial charge on any atom is 0.206 e. The quantitative estimate of drug-likeness (QED) is 0.366. The first-order chi connectivity index (χ1) is 9.15. The zero-order valence-corrected chi connectivity index (χ0v) is 11.1. The van der Waals surface area contributed by atoms with Crippen molar-refractivity contribution in [2.45, 2.75) is 32.9 Å². The van der Waals surface area contributed by atoms with E-state index in [4.69, 9.17) is 10.9 Å². The second-order valence-electron chi connectivity index (χ2n) is 4.41. The Labute approximate surface area is 111 Å². The van der Waals surface area contributed by atoms with Crippen LogP contribution in [0.5, 0.6) is 0 Å². The van der Waals surface area contributed by atoms with Gasteiger partial charge in [-0.15, -0.1) is 0 Å². The van der Waals surface area contributed by atoms with Gasteiger partial charge in [0.2, 0.25) is 5.84 Å². The zero-order valence-electron chi connectivity index (χ0n) is 11.1. The van der Waals surface area contributed by atoms with Crippen LogP contribution in [0.25, 0.3) is 0 Å². The molecule has 0 saturated carbocycles. The number of nitrogens with zero attached hydrogens (tertiary/aromatic N) is 5. The topological polar surface area (TPSA) is 94.2 Å². The van der Waals surface area contributed by atoms with Gasteiger partial charge in [-0.2, -0.15) is 5.10 Å². The molecule has 2 heterocycles. The molecule has 0 bridgehead atoms. The fraction of sp³-hybridized carbons (Fsp3) is 0.417. The van der Waals surface area contributed by atoms with Gasteiger partial charge in [0, 0.05) is 24.6 Å². The first kappa shape index (κ1) is 13.1. The SMILES string of the molecule is CCC(C)n1ccc(Cn2ccnc2C(N)=NO)n1. The van der Waals surface area contributed by atoms with Crippen LogP contribution in [-0.4, -0.2) is 30.4 Å². The van der Waals surface area contributed by atoms with Crippen molar-refractivity contribution in [2.24, 2.45) is 10.9 Å². The standard InChI is InChI=1S/C12H18N6O/c1-3-9(2)18-6-4-10(15-18)8-17-7-5-14-12(17)11(13)16-19/h4-7,9,19H,3,8H2,1-2H3,(H2,13,16). The molecule has 2 rings (SSSR count). The van der Waals surface area contributed by atoms with Crippen LogP contribution >= 0.6 is 0 Å². The van der Waals surface area contributed by atoms with Crippen molar-refractivity contribution in [3.05, 3.63) is 36.2 Å². The molecule has 3 N–H and O–H groups in total. The molecule has 1 atom stereocenters. The van der Waals surface area contributed by atoms with E-state index in [2.05, 4.69) is 29.1 Å². The summed E-state index contributed by atoms with van der Waals surface area (Å²) in [5.74, 6) is 0.423. The summed E-state index contributed by atoms with van der Waals surface area (Å²) >= 11 is 0. The Morgan fingerprint density at radius 2 is 2.32 bits per heavy atom. The number of hydrogen-bond acceptors (Lipinski definition) is 4. The summed E-state index contributed by atoms with van der Waals surface area (Å²) in [6, 6.07) is 2.34. The lowest BCUT2D eigenvalue weighted by Crippen LogP contribution is -2.20. The fourth-order valence-electron chi connectivity index (χ4n) is 1.78. The largest absolute Gasteiger partial charge is 0.409 e. The molecule has 2 aromatic heterocycles. The van der Waals surface area contributed by atoms with E-state index in [1.54, 1.807) is 17.0 Å². The maximum atomic E-state index is 8.70. The van der Waals surface area contributed by atoms with Crippen molar-refractivity contribution in [3.8, 4) is 0 Å². The molecule has 0 amide bonds. The minimum absolute atomic E-state index is 0.00800. The molecule has 0 aromatic carbocycles. The van der Waals surface area contributed by atoms with Crippen molar-refractivity contribution in [1.82, 2.24) is 19.3 Å². The van der Waals surface area contributed by atoms with Crippen molar-refractivity contribution < 1.29 is 5.21 Å². The van der Waals surface area contributed by atoms with Crippen LogP contribution in [0.3, 0.4) is 0 Å².